The van der Waals surface area contributed by atoms with Gasteiger partial charge in [0.25, 0.3) is 0 Å². The summed E-state index contributed by atoms with van der Waals surface area (Å²) in [4.78, 5) is 0. The molecule has 0 saturated carbocycles. The zero-order chi connectivity index (χ0) is 9.26. The summed E-state index contributed by atoms with van der Waals surface area (Å²) in [6.07, 6.45) is 4.21. The van der Waals surface area contributed by atoms with Crippen LogP contribution in [0.4, 0.5) is 5.69 Å². The van der Waals surface area contributed by atoms with Crippen LogP contribution in [-0.2, 0) is 0 Å². The Balaban J connectivity index is 2.21. The first-order chi connectivity index (χ1) is 6.27. The van der Waals surface area contributed by atoms with E-state index in [1.165, 1.54) is 5.69 Å². The zero-order valence-electron chi connectivity index (χ0n) is 7.44. The maximum absolute atomic E-state index is 3.42. The third kappa shape index (κ3) is 1.70. The first-order valence-electron chi connectivity index (χ1n) is 4.20. The Hall–Kier alpha value is -0.960. The van der Waals surface area contributed by atoms with Crippen molar-refractivity contribution in [3.05, 3.63) is 41.0 Å². The maximum atomic E-state index is 3.42. The van der Waals surface area contributed by atoms with Gasteiger partial charge >= 0.3 is 0 Å². The molecule has 0 atom stereocenters. The van der Waals surface area contributed by atoms with Gasteiger partial charge in [-0.2, -0.15) is 0 Å². The molecule has 0 bridgehead atoms. The third-order valence-corrected chi connectivity index (χ3v) is 2.63. The van der Waals surface area contributed by atoms with Gasteiger partial charge in [-0.3, -0.25) is 10.0 Å². The lowest BCUT2D eigenvalue weighted by molar-refractivity contribution is 0.455. The molecule has 2 nitrogen and oxygen atoms in total. The van der Waals surface area contributed by atoms with E-state index in [1.54, 1.807) is 0 Å². The number of hydrazine groups is 1. The van der Waals surface area contributed by atoms with E-state index in [9.17, 15) is 0 Å². The monoisotopic (exact) mass is 238 g/mol. The molecule has 0 aliphatic carbocycles. The molecule has 68 valence electrons. The molecule has 0 aromatic heterocycles. The van der Waals surface area contributed by atoms with E-state index in [-0.39, 0.29) is 0 Å². The first kappa shape index (κ1) is 8.63. The van der Waals surface area contributed by atoms with E-state index in [0.717, 1.165) is 11.0 Å². The van der Waals surface area contributed by atoms with Gasteiger partial charge in [0.1, 0.15) is 0 Å². The van der Waals surface area contributed by atoms with E-state index in [1.807, 2.05) is 7.05 Å². The zero-order valence-corrected chi connectivity index (χ0v) is 9.03. The van der Waals surface area contributed by atoms with Gasteiger partial charge < -0.3 is 0 Å². The van der Waals surface area contributed by atoms with Crippen LogP contribution in [0.5, 0.6) is 0 Å². The van der Waals surface area contributed by atoms with Crippen LogP contribution < -0.4 is 5.01 Å². The largest absolute Gasteiger partial charge is 0.296 e. The summed E-state index contributed by atoms with van der Waals surface area (Å²) in [5.74, 6) is 0. The molecule has 0 saturated heterocycles. The average molecular weight is 239 g/mol. The molecular weight excluding hydrogens is 228 g/mol. The molecule has 2 rings (SSSR count). The Labute approximate surface area is 86.6 Å². The second kappa shape index (κ2) is 3.42. The summed E-state index contributed by atoms with van der Waals surface area (Å²) in [7, 11) is 2.05. The minimum Gasteiger partial charge on any atom is -0.296 e. The second-order valence-electron chi connectivity index (χ2n) is 3.02. The second-order valence-corrected chi connectivity index (χ2v) is 3.93. The summed E-state index contributed by atoms with van der Waals surface area (Å²) < 4.78 is 1.12. The van der Waals surface area contributed by atoms with Gasteiger partial charge in [-0.15, -0.1) is 0 Å². The molecule has 0 N–H and O–H groups in total. The molecule has 1 heterocycles. The summed E-state index contributed by atoms with van der Waals surface area (Å²) >= 11 is 3.42. The average Bonchev–Trinajstić information content (AvgIpc) is 2.53. The molecule has 13 heavy (non-hydrogen) atoms. The third-order valence-electron chi connectivity index (χ3n) is 2.10. The van der Waals surface area contributed by atoms with Gasteiger partial charge in [0.15, 0.2) is 0 Å². The van der Waals surface area contributed by atoms with Gasteiger partial charge in [-0.05, 0) is 30.3 Å². The summed E-state index contributed by atoms with van der Waals surface area (Å²) in [6, 6.07) is 8.32. The van der Waals surface area contributed by atoms with Crippen LogP contribution in [-0.4, -0.2) is 18.6 Å². The molecule has 1 aliphatic rings. The van der Waals surface area contributed by atoms with Crippen molar-refractivity contribution in [3.8, 4) is 0 Å². The van der Waals surface area contributed by atoms with Crippen molar-refractivity contribution in [1.29, 1.82) is 0 Å². The predicted molar refractivity (Wildman–Crippen MR) is 58.4 cm³/mol. The van der Waals surface area contributed by atoms with E-state index in [2.05, 4.69) is 62.5 Å². The molecule has 0 spiro atoms. The lowest BCUT2D eigenvalue weighted by Gasteiger charge is -2.27. The molecule has 1 aromatic carbocycles. The summed E-state index contributed by atoms with van der Waals surface area (Å²) in [5, 5.41) is 4.29. The normalized spacial score (nSPS) is 15.5. The van der Waals surface area contributed by atoms with E-state index in [0.29, 0.717) is 0 Å². The minimum absolute atomic E-state index is 0.956. The molecule has 0 amide bonds. The summed E-state index contributed by atoms with van der Waals surface area (Å²) in [6.45, 7) is 0.956. The highest BCUT2D eigenvalue weighted by Crippen LogP contribution is 2.21. The Morgan fingerprint density at radius 2 is 1.92 bits per heavy atom. The van der Waals surface area contributed by atoms with E-state index >= 15 is 0 Å². The topological polar surface area (TPSA) is 6.48 Å². The van der Waals surface area contributed by atoms with Crippen molar-refractivity contribution >= 4 is 21.6 Å². The van der Waals surface area contributed by atoms with Crippen LogP contribution in [0.25, 0.3) is 0 Å². The molecule has 1 aromatic rings. The number of benzene rings is 1. The highest BCUT2D eigenvalue weighted by molar-refractivity contribution is 9.10. The number of halogens is 1. The van der Waals surface area contributed by atoms with Crippen LogP contribution in [0.2, 0.25) is 0 Å². The van der Waals surface area contributed by atoms with Crippen LogP contribution in [0, 0.1) is 0 Å². The quantitative estimate of drug-likeness (QED) is 0.743. The van der Waals surface area contributed by atoms with Gasteiger partial charge in [0.2, 0.25) is 0 Å². The highest BCUT2D eigenvalue weighted by Gasteiger charge is 2.11. The van der Waals surface area contributed by atoms with Crippen LogP contribution in [0.3, 0.4) is 0 Å². The van der Waals surface area contributed by atoms with E-state index in [4.69, 9.17) is 0 Å². The Morgan fingerprint density at radius 1 is 1.23 bits per heavy atom. The van der Waals surface area contributed by atoms with Crippen molar-refractivity contribution in [2.24, 2.45) is 0 Å². The van der Waals surface area contributed by atoms with Crippen molar-refractivity contribution in [3.63, 3.8) is 0 Å². The number of anilines is 1. The molecule has 1 aliphatic heterocycles. The number of hydrogen-bond donors (Lipinski definition) is 0. The molecule has 0 radical (unpaired) electrons. The number of rotatable bonds is 1. The standard InChI is InChI=1S/C10H11BrN2/c1-12-7-2-8-13(12)10-5-3-9(11)4-6-10/h2-7H,8H2,1H3. The smallest absolute Gasteiger partial charge is 0.0594 e. The Bertz CT molecular complexity index is 318. The van der Waals surface area contributed by atoms with Crippen molar-refractivity contribution in [2.45, 2.75) is 0 Å². The van der Waals surface area contributed by atoms with Crippen molar-refractivity contribution in [2.75, 3.05) is 18.6 Å². The molecular formula is C10H11BrN2. The maximum Gasteiger partial charge on any atom is 0.0594 e. The van der Waals surface area contributed by atoms with Gasteiger partial charge in [0, 0.05) is 17.7 Å². The van der Waals surface area contributed by atoms with Crippen LogP contribution in [0.15, 0.2) is 41.0 Å². The molecule has 0 unspecified atom stereocenters. The fourth-order valence-corrected chi connectivity index (χ4v) is 1.67. The van der Waals surface area contributed by atoms with E-state index < -0.39 is 0 Å². The van der Waals surface area contributed by atoms with Crippen LogP contribution >= 0.6 is 15.9 Å². The van der Waals surface area contributed by atoms with Gasteiger partial charge in [-0.25, -0.2) is 0 Å². The SMILES string of the molecule is CN1C=CCN1c1ccc(Br)cc1. The molecule has 3 heteroatoms. The first-order valence-corrected chi connectivity index (χ1v) is 4.99. The fraction of sp³-hybridized carbons (Fsp3) is 0.200. The number of nitrogens with zero attached hydrogens (tertiary/aromatic N) is 2. The molecule has 0 fully saturated rings. The predicted octanol–water partition coefficient (Wildman–Crippen LogP) is 2.63. The van der Waals surface area contributed by atoms with Crippen LogP contribution in [0.1, 0.15) is 0 Å². The highest BCUT2D eigenvalue weighted by atomic mass is 79.9. The lowest BCUT2D eigenvalue weighted by atomic mass is 10.3. The van der Waals surface area contributed by atoms with Crippen molar-refractivity contribution < 1.29 is 0 Å². The summed E-state index contributed by atoms with van der Waals surface area (Å²) in [5.41, 5.74) is 1.22. The van der Waals surface area contributed by atoms with Gasteiger partial charge in [0.05, 0.1) is 12.2 Å². The number of hydrogen-bond acceptors (Lipinski definition) is 2. The Kier molecular flexibility index (Phi) is 2.27. The Morgan fingerprint density at radius 3 is 2.46 bits per heavy atom. The van der Waals surface area contributed by atoms with Gasteiger partial charge in [-0.1, -0.05) is 15.9 Å². The fourth-order valence-electron chi connectivity index (χ4n) is 1.41. The lowest BCUT2D eigenvalue weighted by Crippen LogP contribution is -2.31. The minimum atomic E-state index is 0.956. The van der Waals surface area contributed by atoms with Crippen molar-refractivity contribution in [1.82, 2.24) is 5.01 Å².